The zero-order chi connectivity index (χ0) is 24.9. The van der Waals surface area contributed by atoms with E-state index >= 15 is 0 Å². The van der Waals surface area contributed by atoms with Gasteiger partial charge in [-0.3, -0.25) is 4.79 Å². The summed E-state index contributed by atoms with van der Waals surface area (Å²) in [5.41, 5.74) is -1.05. The lowest BCUT2D eigenvalue weighted by Gasteiger charge is -2.46. The highest BCUT2D eigenvalue weighted by Gasteiger charge is 2.44. The van der Waals surface area contributed by atoms with Gasteiger partial charge in [-0.1, -0.05) is 19.9 Å². The second kappa shape index (κ2) is 11.2. The number of benzene rings is 2. The molecule has 0 radical (unpaired) electrons. The quantitative estimate of drug-likeness (QED) is 0.430. The fraction of sp³-hybridized carbons (Fsp3) is 0.480. The highest BCUT2D eigenvalue weighted by atomic mass is 19.2. The normalized spacial score (nSPS) is 14.9. The molecule has 0 bridgehead atoms. The number of carbonyl (C=O) groups is 1. The van der Waals surface area contributed by atoms with Crippen molar-refractivity contribution in [1.29, 1.82) is 0 Å². The first kappa shape index (κ1) is 26.0. The third-order valence-electron chi connectivity index (χ3n) is 6.14. The Morgan fingerprint density at radius 2 is 1.82 bits per heavy atom. The lowest BCUT2D eigenvalue weighted by Crippen LogP contribution is -2.67. The summed E-state index contributed by atoms with van der Waals surface area (Å²) < 4.78 is 42.8. The van der Waals surface area contributed by atoms with E-state index in [9.17, 15) is 23.1 Å². The minimum Gasteiger partial charge on any atom is -0.385 e. The lowest BCUT2D eigenvalue weighted by atomic mass is 9.92. The molecule has 186 valence electrons. The number of β-amino-alcohol motifs (C(OH)–C–C–N with tert-alkyl or cyclic N) is 1. The highest BCUT2D eigenvalue weighted by molar-refractivity contribution is 6.01. The highest BCUT2D eigenvalue weighted by Crippen LogP contribution is 2.31. The molecule has 3 rings (SSSR count). The number of hydrogen-bond donors (Lipinski definition) is 3. The first-order chi connectivity index (χ1) is 16.2. The summed E-state index contributed by atoms with van der Waals surface area (Å²) in [6.45, 7) is 10.1. The molecule has 3 N–H and O–H groups in total. The summed E-state index contributed by atoms with van der Waals surface area (Å²) in [5.74, 6) is -3.63. The Bertz CT molecular complexity index is 1010. The molecule has 0 unspecified atom stereocenters. The van der Waals surface area contributed by atoms with E-state index in [0.717, 1.165) is 44.7 Å². The van der Waals surface area contributed by atoms with Gasteiger partial charge in [0, 0.05) is 6.54 Å². The van der Waals surface area contributed by atoms with E-state index in [2.05, 4.69) is 29.4 Å². The smallest absolute Gasteiger partial charge is 0.256 e. The van der Waals surface area contributed by atoms with E-state index in [0.29, 0.717) is 12.1 Å². The predicted octanol–water partition coefficient (Wildman–Crippen LogP) is 3.66. The van der Waals surface area contributed by atoms with Crippen molar-refractivity contribution in [2.24, 2.45) is 0 Å². The van der Waals surface area contributed by atoms with Gasteiger partial charge in [-0.05, 0) is 69.4 Å². The minimum absolute atomic E-state index is 0.0617. The number of anilines is 2. The summed E-state index contributed by atoms with van der Waals surface area (Å²) in [6, 6.07) is 6.30. The molecule has 9 heteroatoms. The summed E-state index contributed by atoms with van der Waals surface area (Å²) in [6.07, 6.45) is 0.944. The van der Waals surface area contributed by atoms with Gasteiger partial charge < -0.3 is 25.5 Å². The molecule has 2 aromatic rings. The number of rotatable bonds is 11. The zero-order valence-electron chi connectivity index (χ0n) is 19.9. The molecular formula is C25H33F3N4O2. The van der Waals surface area contributed by atoms with Crippen LogP contribution < -0.4 is 10.6 Å². The van der Waals surface area contributed by atoms with E-state index in [4.69, 9.17) is 0 Å². The van der Waals surface area contributed by atoms with Crippen LogP contribution in [0.25, 0.3) is 0 Å². The first-order valence-electron chi connectivity index (χ1n) is 11.6. The number of carbonyl (C=O) groups excluding carboxylic acids is 1. The van der Waals surface area contributed by atoms with Gasteiger partial charge in [0.05, 0.1) is 30.0 Å². The second-order valence-corrected chi connectivity index (χ2v) is 8.83. The molecule has 0 aliphatic carbocycles. The Balaban J connectivity index is 1.62. The van der Waals surface area contributed by atoms with E-state index in [1.54, 1.807) is 13.0 Å². The fourth-order valence-electron chi connectivity index (χ4n) is 4.09. The molecular weight excluding hydrogens is 445 g/mol. The van der Waals surface area contributed by atoms with Crippen LogP contribution in [-0.4, -0.2) is 72.2 Å². The number of nitrogens with one attached hydrogen (secondary N) is 2. The summed E-state index contributed by atoms with van der Waals surface area (Å²) in [7, 11) is 0. The van der Waals surface area contributed by atoms with E-state index in [1.807, 2.05) is 0 Å². The van der Waals surface area contributed by atoms with E-state index in [1.165, 1.54) is 17.0 Å². The van der Waals surface area contributed by atoms with Crippen LogP contribution in [0.5, 0.6) is 0 Å². The van der Waals surface area contributed by atoms with E-state index < -0.39 is 34.6 Å². The average Bonchev–Trinajstić information content (AvgIpc) is 2.78. The molecule has 2 aromatic carbocycles. The van der Waals surface area contributed by atoms with Crippen molar-refractivity contribution in [3.8, 4) is 0 Å². The predicted molar refractivity (Wildman–Crippen MR) is 127 cm³/mol. The van der Waals surface area contributed by atoms with Crippen LogP contribution in [-0.2, 0) is 0 Å². The molecule has 1 heterocycles. The van der Waals surface area contributed by atoms with Crippen molar-refractivity contribution >= 4 is 17.3 Å². The van der Waals surface area contributed by atoms with Gasteiger partial charge in [-0.15, -0.1) is 0 Å². The van der Waals surface area contributed by atoms with Crippen molar-refractivity contribution in [3.63, 3.8) is 0 Å². The Morgan fingerprint density at radius 1 is 1.12 bits per heavy atom. The van der Waals surface area contributed by atoms with Crippen molar-refractivity contribution in [3.05, 3.63) is 58.9 Å². The molecule has 1 fully saturated rings. The summed E-state index contributed by atoms with van der Waals surface area (Å²) >= 11 is 0. The number of likely N-dealkylation sites (tertiary alicyclic amines) is 1. The lowest BCUT2D eigenvalue weighted by molar-refractivity contribution is -0.0784. The number of aryl methyl sites for hydroxylation is 1. The summed E-state index contributed by atoms with van der Waals surface area (Å²) in [4.78, 5) is 16.7. The van der Waals surface area contributed by atoms with Gasteiger partial charge in [-0.25, -0.2) is 13.2 Å². The van der Waals surface area contributed by atoms with Gasteiger partial charge in [0.15, 0.2) is 11.6 Å². The second-order valence-electron chi connectivity index (χ2n) is 8.83. The minimum atomic E-state index is -1.27. The van der Waals surface area contributed by atoms with Crippen molar-refractivity contribution < 1.29 is 23.1 Å². The Labute approximate surface area is 198 Å². The Hall–Kier alpha value is -2.62. The third-order valence-corrected chi connectivity index (χ3v) is 6.14. The fourth-order valence-corrected chi connectivity index (χ4v) is 4.09. The molecule has 1 saturated heterocycles. The number of amides is 1. The van der Waals surface area contributed by atoms with Crippen molar-refractivity contribution in [2.45, 2.75) is 32.8 Å². The number of aliphatic hydroxyl groups is 1. The monoisotopic (exact) mass is 478 g/mol. The SMILES string of the molecule is CCN(CC)CCCNCC1(O)CN(C(=O)c2ccc(F)c(F)c2Nc2ccc(C)cc2F)C1. The van der Waals surface area contributed by atoms with Gasteiger partial charge >= 0.3 is 0 Å². The maximum Gasteiger partial charge on any atom is 0.256 e. The van der Waals surface area contributed by atoms with Crippen LogP contribution in [0.3, 0.4) is 0 Å². The standard InChI is InChI=1S/C25H33F3N4O2/c1-4-31(5-2)12-6-11-29-14-25(34)15-32(16-25)24(33)18-8-9-19(26)22(28)23(18)30-21-10-7-17(3)13-20(21)27/h7-10,13,29-30,34H,4-6,11-12,14-16H2,1-3H3. The maximum absolute atomic E-state index is 14.6. The van der Waals surface area contributed by atoms with Crippen LogP contribution in [0.2, 0.25) is 0 Å². The number of halogens is 3. The van der Waals surface area contributed by atoms with Crippen molar-refractivity contribution in [1.82, 2.24) is 15.1 Å². The Morgan fingerprint density at radius 3 is 2.47 bits per heavy atom. The van der Waals surface area contributed by atoms with Gasteiger partial charge in [-0.2, -0.15) is 0 Å². The number of hydrogen-bond acceptors (Lipinski definition) is 5. The molecule has 1 amide bonds. The molecule has 0 aromatic heterocycles. The molecule has 34 heavy (non-hydrogen) atoms. The number of nitrogens with zero attached hydrogens (tertiary/aromatic N) is 2. The van der Waals surface area contributed by atoms with Crippen LogP contribution >= 0.6 is 0 Å². The van der Waals surface area contributed by atoms with Crippen molar-refractivity contribution in [2.75, 3.05) is 51.1 Å². The molecule has 0 spiro atoms. The molecule has 0 atom stereocenters. The first-order valence-corrected chi connectivity index (χ1v) is 11.6. The molecule has 1 aliphatic rings. The molecule has 1 aliphatic heterocycles. The zero-order valence-corrected chi connectivity index (χ0v) is 19.9. The molecule has 6 nitrogen and oxygen atoms in total. The van der Waals surface area contributed by atoms with Gasteiger partial charge in [0.1, 0.15) is 11.4 Å². The van der Waals surface area contributed by atoms with Gasteiger partial charge in [0.25, 0.3) is 5.91 Å². The van der Waals surface area contributed by atoms with Crippen LogP contribution in [0.4, 0.5) is 24.5 Å². The maximum atomic E-state index is 14.6. The van der Waals surface area contributed by atoms with Crippen LogP contribution in [0.15, 0.2) is 30.3 Å². The third kappa shape index (κ3) is 6.08. The molecule has 0 saturated carbocycles. The van der Waals surface area contributed by atoms with Crippen LogP contribution in [0, 0.1) is 24.4 Å². The van der Waals surface area contributed by atoms with Crippen LogP contribution in [0.1, 0.15) is 36.2 Å². The Kier molecular flexibility index (Phi) is 8.57. The van der Waals surface area contributed by atoms with Gasteiger partial charge in [0.2, 0.25) is 0 Å². The topological polar surface area (TPSA) is 67.8 Å². The van der Waals surface area contributed by atoms with E-state index in [-0.39, 0.29) is 24.3 Å². The largest absolute Gasteiger partial charge is 0.385 e. The summed E-state index contributed by atoms with van der Waals surface area (Å²) in [5, 5.41) is 16.4. The average molecular weight is 479 g/mol.